The first-order valence-electron chi connectivity index (χ1n) is 6.94. The summed E-state index contributed by atoms with van der Waals surface area (Å²) in [5.41, 5.74) is 0.681. The average Bonchev–Trinajstić information content (AvgIpc) is 2.48. The summed E-state index contributed by atoms with van der Waals surface area (Å²) in [5.74, 6) is 1.32. The zero-order chi connectivity index (χ0) is 13.8. The molecule has 0 radical (unpaired) electrons. The quantitative estimate of drug-likeness (QED) is 0.829. The van der Waals surface area contributed by atoms with Crippen LogP contribution in [0.5, 0.6) is 11.5 Å². The molecule has 0 unspecified atom stereocenters. The fourth-order valence-corrected chi connectivity index (χ4v) is 2.38. The molecular weight excluding hydrogens is 258 g/mol. The molecule has 3 rings (SSSR count). The van der Waals surface area contributed by atoms with Crippen LogP contribution in [0.25, 0.3) is 0 Å². The average molecular weight is 277 g/mol. The van der Waals surface area contributed by atoms with Gasteiger partial charge in [0.25, 0.3) is 5.91 Å². The monoisotopic (exact) mass is 277 g/mol. The van der Waals surface area contributed by atoms with E-state index < -0.39 is 0 Å². The van der Waals surface area contributed by atoms with Gasteiger partial charge >= 0.3 is 0 Å². The van der Waals surface area contributed by atoms with E-state index in [1.54, 1.807) is 0 Å². The summed E-state index contributed by atoms with van der Waals surface area (Å²) in [6, 6.07) is 5.51. The molecule has 0 aliphatic carbocycles. The number of anilines is 1. The van der Waals surface area contributed by atoms with Crippen molar-refractivity contribution in [1.82, 2.24) is 10.2 Å². The van der Waals surface area contributed by atoms with Crippen molar-refractivity contribution in [3.63, 3.8) is 0 Å². The Bertz CT molecular complexity index is 487. The maximum absolute atomic E-state index is 11.3. The number of hydrogen-bond donors (Lipinski definition) is 2. The minimum Gasteiger partial charge on any atom is -0.492 e. The highest BCUT2D eigenvalue weighted by atomic mass is 16.5. The summed E-state index contributed by atoms with van der Waals surface area (Å²) < 4.78 is 11.0. The van der Waals surface area contributed by atoms with Gasteiger partial charge in [-0.3, -0.25) is 9.69 Å². The van der Waals surface area contributed by atoms with Crippen molar-refractivity contribution >= 4 is 11.6 Å². The zero-order valence-corrected chi connectivity index (χ0v) is 11.4. The van der Waals surface area contributed by atoms with Gasteiger partial charge in [0.05, 0.1) is 5.69 Å². The number of fused-ring (bicyclic) bond motifs is 1. The van der Waals surface area contributed by atoms with Gasteiger partial charge in [0.2, 0.25) is 0 Å². The molecule has 1 aromatic carbocycles. The standard InChI is InChI=1S/C14H19N3O3/c18-14-10-20-13-2-1-11(9-12(13)16-14)19-8-7-17-5-3-15-4-6-17/h1-2,9,15H,3-8,10H2,(H,16,18). The number of amides is 1. The predicted molar refractivity (Wildman–Crippen MR) is 75.4 cm³/mol. The molecule has 0 bridgehead atoms. The lowest BCUT2D eigenvalue weighted by Gasteiger charge is -2.27. The van der Waals surface area contributed by atoms with Gasteiger partial charge in [-0.25, -0.2) is 0 Å². The van der Waals surface area contributed by atoms with Crippen LogP contribution in [0, 0.1) is 0 Å². The predicted octanol–water partition coefficient (Wildman–Crippen LogP) is 0.301. The van der Waals surface area contributed by atoms with Crippen molar-refractivity contribution in [1.29, 1.82) is 0 Å². The van der Waals surface area contributed by atoms with Gasteiger partial charge in [0.1, 0.15) is 18.1 Å². The van der Waals surface area contributed by atoms with Crippen LogP contribution in [0.1, 0.15) is 0 Å². The Labute approximate surface area is 118 Å². The molecule has 0 saturated carbocycles. The summed E-state index contributed by atoms with van der Waals surface area (Å²) in [4.78, 5) is 13.6. The molecule has 0 spiro atoms. The van der Waals surface area contributed by atoms with Crippen LogP contribution in [0.15, 0.2) is 18.2 Å². The third-order valence-corrected chi connectivity index (χ3v) is 3.47. The lowest BCUT2D eigenvalue weighted by atomic mass is 10.2. The summed E-state index contributed by atoms with van der Waals surface area (Å²) >= 11 is 0. The Kier molecular flexibility index (Phi) is 4.03. The van der Waals surface area contributed by atoms with Crippen LogP contribution in [0.3, 0.4) is 0 Å². The van der Waals surface area contributed by atoms with Gasteiger partial charge in [-0.1, -0.05) is 0 Å². The Morgan fingerprint density at radius 1 is 1.30 bits per heavy atom. The fraction of sp³-hybridized carbons (Fsp3) is 0.500. The molecule has 1 amide bonds. The normalized spacial score (nSPS) is 18.9. The molecule has 6 nitrogen and oxygen atoms in total. The van der Waals surface area contributed by atoms with E-state index in [9.17, 15) is 4.79 Å². The minimum atomic E-state index is -0.129. The zero-order valence-electron chi connectivity index (χ0n) is 11.4. The van der Waals surface area contributed by atoms with Gasteiger partial charge in [-0.2, -0.15) is 0 Å². The van der Waals surface area contributed by atoms with Crippen LogP contribution in [0.2, 0.25) is 0 Å². The molecule has 20 heavy (non-hydrogen) atoms. The van der Waals surface area contributed by atoms with Crippen LogP contribution >= 0.6 is 0 Å². The van der Waals surface area contributed by atoms with Crippen molar-refractivity contribution in [2.45, 2.75) is 0 Å². The van der Waals surface area contributed by atoms with E-state index in [1.165, 1.54) is 0 Å². The number of carbonyl (C=O) groups is 1. The highest BCUT2D eigenvalue weighted by molar-refractivity contribution is 5.95. The van der Waals surface area contributed by atoms with Crippen molar-refractivity contribution < 1.29 is 14.3 Å². The number of carbonyl (C=O) groups excluding carboxylic acids is 1. The third kappa shape index (κ3) is 3.20. The lowest BCUT2D eigenvalue weighted by Crippen LogP contribution is -2.44. The number of nitrogens with one attached hydrogen (secondary N) is 2. The topological polar surface area (TPSA) is 62.8 Å². The Balaban J connectivity index is 1.52. The van der Waals surface area contributed by atoms with Crippen molar-refractivity contribution in [3.8, 4) is 11.5 Å². The van der Waals surface area contributed by atoms with E-state index in [-0.39, 0.29) is 12.5 Å². The maximum atomic E-state index is 11.3. The largest absolute Gasteiger partial charge is 0.492 e. The smallest absolute Gasteiger partial charge is 0.262 e. The van der Waals surface area contributed by atoms with Crippen LogP contribution in [-0.2, 0) is 4.79 Å². The van der Waals surface area contributed by atoms with Crippen LogP contribution in [-0.4, -0.2) is 56.7 Å². The maximum Gasteiger partial charge on any atom is 0.262 e. The second-order valence-electron chi connectivity index (χ2n) is 4.93. The van der Waals surface area contributed by atoms with Gasteiger partial charge in [0, 0.05) is 38.8 Å². The second-order valence-corrected chi connectivity index (χ2v) is 4.93. The van der Waals surface area contributed by atoms with Crippen molar-refractivity contribution in [3.05, 3.63) is 18.2 Å². The molecule has 1 fully saturated rings. The molecule has 2 aliphatic rings. The van der Waals surface area contributed by atoms with E-state index in [2.05, 4.69) is 15.5 Å². The summed E-state index contributed by atoms with van der Waals surface area (Å²) in [6.45, 7) is 5.87. The van der Waals surface area contributed by atoms with Crippen molar-refractivity contribution in [2.75, 3.05) is 51.3 Å². The summed E-state index contributed by atoms with van der Waals surface area (Å²) in [7, 11) is 0. The van der Waals surface area contributed by atoms with Gasteiger partial charge in [-0.05, 0) is 12.1 Å². The molecule has 2 heterocycles. The summed E-state index contributed by atoms with van der Waals surface area (Å²) in [5, 5.41) is 6.10. The number of rotatable bonds is 4. The van der Waals surface area contributed by atoms with E-state index in [0.29, 0.717) is 18.0 Å². The van der Waals surface area contributed by atoms with E-state index in [4.69, 9.17) is 9.47 Å². The minimum absolute atomic E-state index is 0.0796. The number of hydrogen-bond acceptors (Lipinski definition) is 5. The molecule has 6 heteroatoms. The first-order valence-corrected chi connectivity index (χ1v) is 6.94. The lowest BCUT2D eigenvalue weighted by molar-refractivity contribution is -0.118. The molecule has 1 aromatic rings. The van der Waals surface area contributed by atoms with Crippen LogP contribution in [0.4, 0.5) is 5.69 Å². The first kappa shape index (κ1) is 13.2. The van der Waals surface area contributed by atoms with E-state index in [0.717, 1.165) is 38.5 Å². The molecule has 0 atom stereocenters. The molecule has 108 valence electrons. The molecule has 2 N–H and O–H groups in total. The van der Waals surface area contributed by atoms with Gasteiger partial charge in [-0.15, -0.1) is 0 Å². The Hall–Kier alpha value is -1.79. The number of nitrogens with zero attached hydrogens (tertiary/aromatic N) is 1. The summed E-state index contributed by atoms with van der Waals surface area (Å²) in [6.07, 6.45) is 0. The molecule has 1 saturated heterocycles. The fourth-order valence-electron chi connectivity index (χ4n) is 2.38. The van der Waals surface area contributed by atoms with Gasteiger partial charge < -0.3 is 20.1 Å². The van der Waals surface area contributed by atoms with Crippen LogP contribution < -0.4 is 20.1 Å². The third-order valence-electron chi connectivity index (χ3n) is 3.47. The van der Waals surface area contributed by atoms with E-state index in [1.807, 2.05) is 18.2 Å². The molecular formula is C14H19N3O3. The number of piperazine rings is 1. The SMILES string of the molecule is O=C1COc2ccc(OCCN3CCNCC3)cc2N1. The highest BCUT2D eigenvalue weighted by Gasteiger charge is 2.16. The van der Waals surface area contributed by atoms with E-state index >= 15 is 0 Å². The van der Waals surface area contributed by atoms with Gasteiger partial charge in [0.15, 0.2) is 6.61 Å². The molecule has 0 aromatic heterocycles. The Morgan fingerprint density at radius 3 is 3.00 bits per heavy atom. The molecule has 2 aliphatic heterocycles. The number of benzene rings is 1. The highest BCUT2D eigenvalue weighted by Crippen LogP contribution is 2.31. The van der Waals surface area contributed by atoms with Crippen molar-refractivity contribution in [2.24, 2.45) is 0 Å². The second kappa shape index (κ2) is 6.11. The number of ether oxygens (including phenoxy) is 2. The first-order chi connectivity index (χ1) is 9.81. The Morgan fingerprint density at radius 2 is 2.15 bits per heavy atom.